The van der Waals surface area contributed by atoms with E-state index in [9.17, 15) is 15.0 Å². The molecule has 1 aromatic carbocycles. The van der Waals surface area contributed by atoms with Crippen molar-refractivity contribution in [3.63, 3.8) is 0 Å². The fourth-order valence-electron chi connectivity index (χ4n) is 4.91. The number of amides is 1. The first-order valence-corrected chi connectivity index (χ1v) is 12.1. The summed E-state index contributed by atoms with van der Waals surface area (Å²) in [7, 11) is 0. The monoisotopic (exact) mass is 429 g/mol. The lowest BCUT2D eigenvalue weighted by atomic mass is 9.86. The fraction of sp³-hybridized carbons (Fsp3) is 0.654. The number of hydrogen-bond acceptors (Lipinski definition) is 4. The van der Waals surface area contributed by atoms with Gasteiger partial charge in [-0.25, -0.2) is 0 Å². The van der Waals surface area contributed by atoms with Crippen LogP contribution < -0.4 is 10.1 Å². The third-order valence-electron chi connectivity index (χ3n) is 6.57. The maximum Gasteiger partial charge on any atom is 0.220 e. The van der Waals surface area contributed by atoms with E-state index >= 15 is 0 Å². The average molecular weight is 430 g/mol. The van der Waals surface area contributed by atoms with E-state index in [-0.39, 0.29) is 23.8 Å². The molecule has 3 N–H and O–H groups in total. The Kier molecular flexibility index (Phi) is 8.97. The minimum absolute atomic E-state index is 0.0223. The van der Waals surface area contributed by atoms with Gasteiger partial charge >= 0.3 is 0 Å². The third-order valence-corrected chi connectivity index (χ3v) is 6.57. The topological polar surface area (TPSA) is 78.8 Å². The van der Waals surface area contributed by atoms with Crippen LogP contribution in [0.1, 0.15) is 82.3 Å². The van der Waals surface area contributed by atoms with Gasteiger partial charge in [0.05, 0.1) is 12.2 Å². The molecule has 0 unspecified atom stereocenters. The van der Waals surface area contributed by atoms with E-state index in [1.54, 1.807) is 0 Å². The molecule has 1 fully saturated rings. The largest absolute Gasteiger partial charge is 0.489 e. The molecule has 2 aliphatic rings. The highest BCUT2D eigenvalue weighted by atomic mass is 16.5. The SMILES string of the molecule is CCCCC[C@H](O)C=C[C@@H]1[C@H]2c3cccc(CCCC(=O)NCCC)c3O[C@H]2C[C@H]1O. The number of nitrogens with one attached hydrogen (secondary N) is 1. The lowest BCUT2D eigenvalue weighted by Crippen LogP contribution is -2.23. The molecule has 31 heavy (non-hydrogen) atoms. The summed E-state index contributed by atoms with van der Waals surface area (Å²) in [5.74, 6) is 1.14. The van der Waals surface area contributed by atoms with Crippen molar-refractivity contribution < 1.29 is 19.7 Å². The quantitative estimate of drug-likeness (QED) is 0.343. The molecule has 5 heteroatoms. The van der Waals surface area contributed by atoms with Crippen molar-refractivity contribution in [3.8, 4) is 5.75 Å². The van der Waals surface area contributed by atoms with Gasteiger partial charge in [0.25, 0.3) is 0 Å². The van der Waals surface area contributed by atoms with E-state index in [1.807, 2.05) is 19.1 Å². The molecule has 0 bridgehead atoms. The van der Waals surface area contributed by atoms with Crippen LogP contribution in [0.25, 0.3) is 0 Å². The number of carbonyl (C=O) groups excluding carboxylic acids is 1. The Morgan fingerprint density at radius 1 is 1.26 bits per heavy atom. The van der Waals surface area contributed by atoms with E-state index in [4.69, 9.17) is 4.74 Å². The van der Waals surface area contributed by atoms with Gasteiger partial charge in [0, 0.05) is 36.8 Å². The van der Waals surface area contributed by atoms with Gasteiger partial charge in [-0.05, 0) is 31.2 Å². The number of aliphatic hydroxyl groups is 2. The molecule has 0 radical (unpaired) electrons. The molecular weight excluding hydrogens is 390 g/mol. The molecule has 5 nitrogen and oxygen atoms in total. The highest BCUT2D eigenvalue weighted by Crippen LogP contribution is 2.52. The number of aliphatic hydroxyl groups excluding tert-OH is 2. The first-order valence-electron chi connectivity index (χ1n) is 12.1. The minimum atomic E-state index is -0.454. The molecular formula is C26H39NO4. The molecule has 0 saturated heterocycles. The Bertz CT molecular complexity index is 747. The number of carbonyl (C=O) groups is 1. The van der Waals surface area contributed by atoms with Crippen LogP contribution >= 0.6 is 0 Å². The Labute approximate surface area is 186 Å². The lowest BCUT2D eigenvalue weighted by molar-refractivity contribution is -0.121. The second-order valence-electron chi connectivity index (χ2n) is 9.05. The molecule has 5 atom stereocenters. The Morgan fingerprint density at radius 2 is 2.10 bits per heavy atom. The van der Waals surface area contributed by atoms with Crippen molar-refractivity contribution in [2.75, 3.05) is 6.54 Å². The molecule has 1 aromatic rings. The zero-order valence-electron chi connectivity index (χ0n) is 19.1. The van der Waals surface area contributed by atoms with E-state index in [2.05, 4.69) is 30.4 Å². The summed E-state index contributed by atoms with van der Waals surface area (Å²) in [6.45, 7) is 4.94. The highest BCUT2D eigenvalue weighted by molar-refractivity contribution is 5.75. The summed E-state index contributed by atoms with van der Waals surface area (Å²) < 4.78 is 6.31. The summed E-state index contributed by atoms with van der Waals surface area (Å²) in [6.07, 6.45) is 10.7. The maximum atomic E-state index is 11.9. The number of unbranched alkanes of at least 4 members (excludes halogenated alkanes) is 2. The van der Waals surface area contributed by atoms with E-state index < -0.39 is 12.2 Å². The maximum absolute atomic E-state index is 11.9. The Morgan fingerprint density at radius 3 is 2.87 bits per heavy atom. The van der Waals surface area contributed by atoms with Crippen molar-refractivity contribution in [3.05, 3.63) is 41.5 Å². The number of aryl methyl sites for hydroxylation is 1. The Hall–Kier alpha value is -1.85. The van der Waals surface area contributed by atoms with E-state index in [0.717, 1.165) is 68.4 Å². The number of rotatable bonds is 12. The molecule has 1 aliphatic heterocycles. The zero-order valence-corrected chi connectivity index (χ0v) is 19.1. The second kappa shape index (κ2) is 11.7. The van der Waals surface area contributed by atoms with Gasteiger partial charge < -0.3 is 20.3 Å². The van der Waals surface area contributed by atoms with Gasteiger partial charge in [-0.15, -0.1) is 0 Å². The van der Waals surface area contributed by atoms with Crippen molar-refractivity contribution in [1.82, 2.24) is 5.32 Å². The van der Waals surface area contributed by atoms with E-state index in [1.165, 1.54) is 0 Å². The van der Waals surface area contributed by atoms with Gasteiger partial charge in [-0.2, -0.15) is 0 Å². The van der Waals surface area contributed by atoms with Crippen LogP contribution in [0.4, 0.5) is 0 Å². The van der Waals surface area contributed by atoms with Crippen LogP contribution in [-0.4, -0.2) is 41.0 Å². The summed E-state index contributed by atoms with van der Waals surface area (Å²) in [4.78, 5) is 11.9. The van der Waals surface area contributed by atoms with Crippen molar-refractivity contribution in [2.45, 2.75) is 95.9 Å². The van der Waals surface area contributed by atoms with Crippen molar-refractivity contribution in [1.29, 1.82) is 0 Å². The number of benzene rings is 1. The minimum Gasteiger partial charge on any atom is -0.489 e. The van der Waals surface area contributed by atoms with Crippen LogP contribution in [0, 0.1) is 5.92 Å². The predicted molar refractivity (Wildman–Crippen MR) is 123 cm³/mol. The third kappa shape index (κ3) is 6.11. The molecule has 1 saturated carbocycles. The van der Waals surface area contributed by atoms with Crippen molar-refractivity contribution in [2.24, 2.45) is 5.92 Å². The van der Waals surface area contributed by atoms with E-state index in [0.29, 0.717) is 12.8 Å². The molecule has 0 aromatic heterocycles. The smallest absolute Gasteiger partial charge is 0.220 e. The predicted octanol–water partition coefficient (Wildman–Crippen LogP) is 4.26. The standard InChI is InChI=1S/C26H39NO4/c1-3-5-6-11-19(28)14-15-20-22(29)17-23-25(20)21-12-7-9-18(26(21)31-23)10-8-13-24(30)27-16-4-2/h7,9,12,14-15,19-20,22-23,25,28-29H,3-6,8,10-11,13,16-17H2,1-2H3,(H,27,30)/t19-,20-,22+,23-,25-/m0/s1. The molecule has 1 heterocycles. The molecule has 0 spiro atoms. The van der Waals surface area contributed by atoms with Gasteiger partial charge in [0.2, 0.25) is 5.91 Å². The van der Waals surface area contributed by atoms with Gasteiger partial charge in [-0.3, -0.25) is 4.79 Å². The molecule has 172 valence electrons. The van der Waals surface area contributed by atoms with Gasteiger partial charge in [0.1, 0.15) is 11.9 Å². The molecule has 3 rings (SSSR count). The molecule has 1 amide bonds. The van der Waals surface area contributed by atoms with Crippen LogP contribution in [-0.2, 0) is 11.2 Å². The van der Waals surface area contributed by atoms with Crippen molar-refractivity contribution >= 4 is 5.91 Å². The summed E-state index contributed by atoms with van der Waals surface area (Å²) >= 11 is 0. The highest BCUT2D eigenvalue weighted by Gasteiger charge is 2.48. The number of hydrogen-bond donors (Lipinski definition) is 3. The summed E-state index contributed by atoms with van der Waals surface area (Å²) in [6, 6.07) is 6.25. The van der Waals surface area contributed by atoms with Crippen LogP contribution in [0.3, 0.4) is 0 Å². The van der Waals surface area contributed by atoms with Crippen LogP contribution in [0.15, 0.2) is 30.4 Å². The zero-order chi connectivity index (χ0) is 22.2. The van der Waals surface area contributed by atoms with Gasteiger partial charge in [-0.1, -0.05) is 63.5 Å². The van der Waals surface area contributed by atoms with Crippen LogP contribution in [0.5, 0.6) is 5.75 Å². The first kappa shape index (κ1) is 23.8. The summed E-state index contributed by atoms with van der Waals surface area (Å²) in [5, 5.41) is 23.8. The normalized spacial score (nSPS) is 25.3. The second-order valence-corrected chi connectivity index (χ2v) is 9.05. The average Bonchev–Trinajstić information content (AvgIpc) is 3.26. The van der Waals surface area contributed by atoms with Gasteiger partial charge in [0.15, 0.2) is 0 Å². The Balaban J connectivity index is 1.63. The van der Waals surface area contributed by atoms with Crippen LogP contribution in [0.2, 0.25) is 0 Å². The lowest BCUT2D eigenvalue weighted by Gasteiger charge is -2.18. The fourth-order valence-corrected chi connectivity index (χ4v) is 4.91. The first-order chi connectivity index (χ1) is 15.0. The number of para-hydroxylation sites is 1. The number of fused-ring (bicyclic) bond motifs is 3. The number of ether oxygens (including phenoxy) is 1. The summed E-state index contributed by atoms with van der Waals surface area (Å²) in [5.41, 5.74) is 2.30. The molecule has 1 aliphatic carbocycles.